The average Bonchev–Trinajstić information content (AvgIpc) is 3.26. The van der Waals surface area contributed by atoms with Crippen LogP contribution in [0, 0.1) is 0 Å². The standard InChI is InChI=1S/C23H20N2O3/c26-22(19-12-5-2-6-13-19)25-21(15-7-11-18-9-3-1-4-10-18)23(27)24-17-20-14-8-16-28-20/h1-16H,17H2,(H,24,27)(H,25,26)/b11-7-,21-15+. The first-order chi connectivity index (χ1) is 13.7. The Balaban J connectivity index is 1.74. The van der Waals surface area contributed by atoms with E-state index in [0.717, 1.165) is 5.56 Å². The Hall–Kier alpha value is -3.86. The van der Waals surface area contributed by atoms with E-state index >= 15 is 0 Å². The van der Waals surface area contributed by atoms with E-state index in [9.17, 15) is 9.59 Å². The Morgan fingerprint density at radius 3 is 2.29 bits per heavy atom. The predicted octanol–water partition coefficient (Wildman–Crippen LogP) is 3.92. The first-order valence-corrected chi connectivity index (χ1v) is 8.83. The first-order valence-electron chi connectivity index (χ1n) is 8.83. The van der Waals surface area contributed by atoms with Crippen molar-refractivity contribution < 1.29 is 14.0 Å². The number of rotatable bonds is 7. The molecule has 3 aromatic rings. The summed E-state index contributed by atoms with van der Waals surface area (Å²) in [6.07, 6.45) is 6.69. The highest BCUT2D eigenvalue weighted by atomic mass is 16.3. The summed E-state index contributed by atoms with van der Waals surface area (Å²) in [4.78, 5) is 25.0. The van der Waals surface area contributed by atoms with E-state index in [1.165, 1.54) is 6.26 Å². The Morgan fingerprint density at radius 1 is 0.893 bits per heavy atom. The fourth-order valence-electron chi connectivity index (χ4n) is 2.45. The van der Waals surface area contributed by atoms with Crippen molar-refractivity contribution in [2.24, 2.45) is 0 Å². The van der Waals surface area contributed by atoms with Crippen molar-refractivity contribution in [3.05, 3.63) is 114 Å². The van der Waals surface area contributed by atoms with E-state index in [1.807, 2.05) is 42.5 Å². The van der Waals surface area contributed by atoms with E-state index in [-0.39, 0.29) is 18.1 Å². The lowest BCUT2D eigenvalue weighted by Gasteiger charge is -2.10. The smallest absolute Gasteiger partial charge is 0.268 e. The molecule has 0 fully saturated rings. The van der Waals surface area contributed by atoms with Crippen LogP contribution in [0.1, 0.15) is 21.7 Å². The quantitative estimate of drug-likeness (QED) is 0.488. The lowest BCUT2D eigenvalue weighted by Crippen LogP contribution is -2.34. The van der Waals surface area contributed by atoms with E-state index in [2.05, 4.69) is 10.6 Å². The van der Waals surface area contributed by atoms with Crippen LogP contribution in [-0.2, 0) is 11.3 Å². The molecule has 5 nitrogen and oxygen atoms in total. The van der Waals surface area contributed by atoms with Crippen LogP contribution in [0.3, 0.4) is 0 Å². The Morgan fingerprint density at radius 2 is 1.61 bits per heavy atom. The summed E-state index contributed by atoms with van der Waals surface area (Å²) in [5.41, 5.74) is 1.61. The predicted molar refractivity (Wildman–Crippen MR) is 108 cm³/mol. The molecule has 2 aromatic carbocycles. The molecule has 0 saturated heterocycles. The molecule has 0 unspecified atom stereocenters. The number of hydrogen-bond donors (Lipinski definition) is 2. The second-order valence-corrected chi connectivity index (χ2v) is 5.93. The van der Waals surface area contributed by atoms with Crippen LogP contribution in [0.4, 0.5) is 0 Å². The Bertz CT molecular complexity index is 960. The van der Waals surface area contributed by atoms with Gasteiger partial charge in [-0.15, -0.1) is 0 Å². The second-order valence-electron chi connectivity index (χ2n) is 5.93. The highest BCUT2D eigenvalue weighted by Gasteiger charge is 2.14. The molecule has 0 bridgehead atoms. The van der Waals surface area contributed by atoms with Gasteiger partial charge in [-0.1, -0.05) is 60.7 Å². The van der Waals surface area contributed by atoms with Crippen LogP contribution in [0.5, 0.6) is 0 Å². The van der Waals surface area contributed by atoms with Crippen LogP contribution in [0.2, 0.25) is 0 Å². The lowest BCUT2D eigenvalue weighted by atomic mass is 10.2. The van der Waals surface area contributed by atoms with E-state index in [1.54, 1.807) is 48.6 Å². The number of carbonyl (C=O) groups is 2. The maximum absolute atomic E-state index is 12.6. The molecule has 0 atom stereocenters. The van der Waals surface area contributed by atoms with Gasteiger partial charge >= 0.3 is 0 Å². The molecule has 0 saturated carbocycles. The van der Waals surface area contributed by atoms with Gasteiger partial charge in [0, 0.05) is 5.56 Å². The largest absolute Gasteiger partial charge is 0.467 e. The maximum Gasteiger partial charge on any atom is 0.268 e. The normalized spacial score (nSPS) is 11.4. The van der Waals surface area contributed by atoms with Gasteiger partial charge in [-0.2, -0.15) is 0 Å². The van der Waals surface area contributed by atoms with E-state index in [4.69, 9.17) is 4.42 Å². The van der Waals surface area contributed by atoms with Gasteiger partial charge in [0.1, 0.15) is 11.5 Å². The maximum atomic E-state index is 12.6. The van der Waals surface area contributed by atoms with Crippen molar-refractivity contribution in [3.8, 4) is 0 Å². The Labute approximate surface area is 163 Å². The molecule has 0 aliphatic carbocycles. The van der Waals surface area contributed by atoms with Crippen molar-refractivity contribution in [2.75, 3.05) is 0 Å². The third kappa shape index (κ3) is 5.57. The van der Waals surface area contributed by atoms with Crippen LogP contribution in [0.15, 0.2) is 101 Å². The van der Waals surface area contributed by atoms with E-state index in [0.29, 0.717) is 11.3 Å². The summed E-state index contributed by atoms with van der Waals surface area (Å²) >= 11 is 0. The molecule has 0 spiro atoms. The lowest BCUT2D eigenvalue weighted by molar-refractivity contribution is -0.118. The SMILES string of the molecule is O=C(NCc1ccco1)/C(=C\C=C/c1ccccc1)NC(=O)c1ccccc1. The molecule has 140 valence electrons. The minimum Gasteiger partial charge on any atom is -0.467 e. The van der Waals surface area contributed by atoms with Crippen molar-refractivity contribution in [1.29, 1.82) is 0 Å². The van der Waals surface area contributed by atoms with Crippen molar-refractivity contribution in [1.82, 2.24) is 10.6 Å². The fraction of sp³-hybridized carbons (Fsp3) is 0.0435. The summed E-state index contributed by atoms with van der Waals surface area (Å²) in [5, 5.41) is 5.42. The van der Waals surface area contributed by atoms with Crippen LogP contribution in [0.25, 0.3) is 6.08 Å². The van der Waals surface area contributed by atoms with Crippen molar-refractivity contribution in [2.45, 2.75) is 6.54 Å². The van der Waals surface area contributed by atoms with Gasteiger partial charge in [-0.3, -0.25) is 9.59 Å². The second kappa shape index (κ2) is 9.73. The molecule has 5 heteroatoms. The van der Waals surface area contributed by atoms with Gasteiger partial charge in [0.2, 0.25) is 0 Å². The van der Waals surface area contributed by atoms with Gasteiger partial charge in [0.15, 0.2) is 0 Å². The summed E-state index contributed by atoms with van der Waals surface area (Å²) in [7, 11) is 0. The molecule has 2 amide bonds. The fourth-order valence-corrected chi connectivity index (χ4v) is 2.45. The molecule has 2 N–H and O–H groups in total. The Kier molecular flexibility index (Phi) is 6.57. The molecular weight excluding hydrogens is 352 g/mol. The highest BCUT2D eigenvalue weighted by molar-refractivity contribution is 6.02. The third-order valence-electron chi connectivity index (χ3n) is 3.88. The average molecular weight is 372 g/mol. The molecule has 28 heavy (non-hydrogen) atoms. The van der Waals surface area contributed by atoms with Crippen LogP contribution < -0.4 is 10.6 Å². The van der Waals surface area contributed by atoms with Gasteiger partial charge in [-0.05, 0) is 35.9 Å². The molecular formula is C23H20N2O3. The summed E-state index contributed by atoms with van der Waals surface area (Å²) in [5.74, 6) is -0.131. The molecule has 0 aliphatic heterocycles. The minimum atomic E-state index is -0.404. The van der Waals surface area contributed by atoms with Gasteiger partial charge < -0.3 is 15.1 Å². The van der Waals surface area contributed by atoms with Gasteiger partial charge in [0.05, 0.1) is 12.8 Å². The minimum absolute atomic E-state index is 0.146. The number of furan rings is 1. The zero-order valence-corrected chi connectivity index (χ0v) is 15.2. The molecule has 3 rings (SSSR count). The first kappa shape index (κ1) is 18.9. The number of allylic oxidation sites excluding steroid dienone is 2. The molecule has 1 aromatic heterocycles. The number of amides is 2. The summed E-state index contributed by atoms with van der Waals surface area (Å²) < 4.78 is 5.22. The molecule has 0 radical (unpaired) electrons. The summed E-state index contributed by atoms with van der Waals surface area (Å²) in [6.45, 7) is 0.229. The summed E-state index contributed by atoms with van der Waals surface area (Å²) in [6, 6.07) is 21.9. The van der Waals surface area contributed by atoms with Gasteiger partial charge in [0.25, 0.3) is 11.8 Å². The van der Waals surface area contributed by atoms with Crippen molar-refractivity contribution >= 4 is 17.9 Å². The number of carbonyl (C=O) groups excluding carboxylic acids is 2. The molecule has 0 aliphatic rings. The van der Waals surface area contributed by atoms with Gasteiger partial charge in [-0.25, -0.2) is 0 Å². The third-order valence-corrected chi connectivity index (χ3v) is 3.88. The topological polar surface area (TPSA) is 71.3 Å². The molecule has 1 heterocycles. The van der Waals surface area contributed by atoms with E-state index < -0.39 is 5.91 Å². The van der Waals surface area contributed by atoms with Crippen LogP contribution >= 0.6 is 0 Å². The highest BCUT2D eigenvalue weighted by Crippen LogP contribution is 2.05. The van der Waals surface area contributed by atoms with Crippen LogP contribution in [-0.4, -0.2) is 11.8 Å². The van der Waals surface area contributed by atoms with Crippen molar-refractivity contribution in [3.63, 3.8) is 0 Å². The number of benzene rings is 2. The number of hydrogen-bond acceptors (Lipinski definition) is 3. The number of nitrogens with one attached hydrogen (secondary N) is 2. The zero-order chi connectivity index (χ0) is 19.6. The zero-order valence-electron chi connectivity index (χ0n) is 15.2. The monoisotopic (exact) mass is 372 g/mol.